The van der Waals surface area contributed by atoms with Crippen LogP contribution in [0.15, 0.2) is 85.1 Å². The zero-order valence-corrected chi connectivity index (χ0v) is 55.2. The molecule has 0 amide bonds. The van der Waals surface area contributed by atoms with Crippen LogP contribution in [0.3, 0.4) is 0 Å². The summed E-state index contributed by atoms with van der Waals surface area (Å²) in [5.41, 5.74) is 0. The van der Waals surface area contributed by atoms with E-state index in [1.165, 1.54) is 225 Å². The van der Waals surface area contributed by atoms with E-state index in [9.17, 15) is 14.4 Å². The zero-order valence-electron chi connectivity index (χ0n) is 55.2. The largest absolute Gasteiger partial charge is 0.462 e. The monoisotopic (exact) mass is 1160 g/mol. The predicted octanol–water partition coefficient (Wildman–Crippen LogP) is 25.0. The zero-order chi connectivity index (χ0) is 59.9. The Hall–Kier alpha value is -3.41. The Morgan fingerprint density at radius 1 is 0.253 bits per heavy atom. The third-order valence-electron chi connectivity index (χ3n) is 15.9. The molecular weight excluding hydrogens is 1020 g/mol. The number of hydrogen-bond donors (Lipinski definition) is 0. The van der Waals surface area contributed by atoms with Crippen LogP contribution in [0.1, 0.15) is 367 Å². The van der Waals surface area contributed by atoms with E-state index in [2.05, 4.69) is 106 Å². The summed E-state index contributed by atoms with van der Waals surface area (Å²) in [6.07, 6.45) is 94.6. The topological polar surface area (TPSA) is 78.9 Å². The lowest BCUT2D eigenvalue weighted by atomic mass is 10.0. The maximum absolute atomic E-state index is 13.0. The van der Waals surface area contributed by atoms with Crippen molar-refractivity contribution in [2.75, 3.05) is 13.2 Å². The molecule has 6 nitrogen and oxygen atoms in total. The number of carbonyl (C=O) groups is 3. The molecule has 0 rings (SSSR count). The summed E-state index contributed by atoms with van der Waals surface area (Å²) in [6, 6.07) is 0. The average molecular weight is 1160 g/mol. The van der Waals surface area contributed by atoms with E-state index >= 15 is 0 Å². The van der Waals surface area contributed by atoms with Crippen LogP contribution in [0, 0.1) is 0 Å². The lowest BCUT2D eigenvalue weighted by molar-refractivity contribution is -0.167. The molecule has 0 fully saturated rings. The molecule has 0 N–H and O–H groups in total. The van der Waals surface area contributed by atoms with Crippen LogP contribution in [-0.4, -0.2) is 37.2 Å². The van der Waals surface area contributed by atoms with Gasteiger partial charge in [-0.05, 0) is 96.3 Å². The van der Waals surface area contributed by atoms with Gasteiger partial charge in [-0.25, -0.2) is 0 Å². The molecule has 480 valence electrons. The molecule has 1 atom stereocenters. The highest BCUT2D eigenvalue weighted by Crippen LogP contribution is 2.18. The molecule has 0 aliphatic heterocycles. The summed E-state index contributed by atoms with van der Waals surface area (Å²) >= 11 is 0. The van der Waals surface area contributed by atoms with Gasteiger partial charge in [0, 0.05) is 19.3 Å². The number of carbonyl (C=O) groups excluding carboxylic acids is 3. The van der Waals surface area contributed by atoms with Crippen LogP contribution in [0.2, 0.25) is 0 Å². The fourth-order valence-electron chi connectivity index (χ4n) is 10.5. The minimum atomic E-state index is -0.784. The van der Waals surface area contributed by atoms with E-state index in [-0.39, 0.29) is 31.1 Å². The number of unbranched alkanes of at least 4 members (excludes halogenated alkanes) is 41. The fraction of sp³-hybridized carbons (Fsp3) is 0.779. The van der Waals surface area contributed by atoms with Gasteiger partial charge in [0.15, 0.2) is 6.10 Å². The summed E-state index contributed by atoms with van der Waals surface area (Å²) < 4.78 is 17.0. The first-order valence-electron chi connectivity index (χ1n) is 36.1. The lowest BCUT2D eigenvalue weighted by Gasteiger charge is -2.18. The molecule has 0 radical (unpaired) electrons. The van der Waals surface area contributed by atoms with E-state index in [1.807, 2.05) is 0 Å². The first kappa shape index (κ1) is 79.6. The van der Waals surface area contributed by atoms with Crippen LogP contribution >= 0.6 is 0 Å². The van der Waals surface area contributed by atoms with Crippen molar-refractivity contribution in [3.63, 3.8) is 0 Å². The van der Waals surface area contributed by atoms with Crippen molar-refractivity contribution in [3.05, 3.63) is 85.1 Å². The molecule has 6 heteroatoms. The Morgan fingerprint density at radius 2 is 0.470 bits per heavy atom. The molecular formula is C77H136O6. The van der Waals surface area contributed by atoms with Gasteiger partial charge < -0.3 is 14.2 Å². The third kappa shape index (κ3) is 69.3. The van der Waals surface area contributed by atoms with Gasteiger partial charge in [0.05, 0.1) is 0 Å². The number of esters is 3. The number of allylic oxidation sites excluding steroid dienone is 14. The molecule has 0 spiro atoms. The molecule has 1 unspecified atom stereocenters. The van der Waals surface area contributed by atoms with Crippen LogP contribution in [-0.2, 0) is 28.6 Å². The minimum Gasteiger partial charge on any atom is -0.462 e. The molecule has 83 heavy (non-hydrogen) atoms. The average Bonchev–Trinajstić information content (AvgIpc) is 3.49. The van der Waals surface area contributed by atoms with Gasteiger partial charge in [0.1, 0.15) is 13.2 Å². The second-order valence-corrected chi connectivity index (χ2v) is 24.1. The lowest BCUT2D eigenvalue weighted by Crippen LogP contribution is -2.30. The van der Waals surface area contributed by atoms with Gasteiger partial charge in [-0.2, -0.15) is 0 Å². The van der Waals surface area contributed by atoms with Gasteiger partial charge >= 0.3 is 17.9 Å². The second-order valence-electron chi connectivity index (χ2n) is 24.1. The molecule has 0 aromatic rings. The van der Waals surface area contributed by atoms with E-state index in [1.54, 1.807) is 0 Å². The Labute approximate surface area is 515 Å². The Kier molecular flexibility index (Phi) is 68.2. The summed E-state index contributed by atoms with van der Waals surface area (Å²) in [6.45, 7) is 6.57. The summed E-state index contributed by atoms with van der Waals surface area (Å²) in [4.78, 5) is 38.5. The highest BCUT2D eigenvalue weighted by molar-refractivity contribution is 5.71. The Bertz CT molecular complexity index is 1570. The van der Waals surface area contributed by atoms with Gasteiger partial charge in [-0.1, -0.05) is 337 Å². The van der Waals surface area contributed by atoms with Gasteiger partial charge in [-0.15, -0.1) is 0 Å². The first-order chi connectivity index (χ1) is 41.0. The summed E-state index contributed by atoms with van der Waals surface area (Å²) in [7, 11) is 0. The molecule has 0 aliphatic rings. The fourth-order valence-corrected chi connectivity index (χ4v) is 10.5. The van der Waals surface area contributed by atoms with E-state index in [0.29, 0.717) is 19.3 Å². The van der Waals surface area contributed by atoms with Crippen molar-refractivity contribution in [1.82, 2.24) is 0 Å². The van der Waals surface area contributed by atoms with Crippen LogP contribution in [0.25, 0.3) is 0 Å². The van der Waals surface area contributed by atoms with E-state index in [0.717, 1.165) is 103 Å². The first-order valence-corrected chi connectivity index (χ1v) is 36.1. The van der Waals surface area contributed by atoms with Crippen LogP contribution < -0.4 is 0 Å². The number of hydrogen-bond acceptors (Lipinski definition) is 6. The summed E-state index contributed by atoms with van der Waals surface area (Å²) in [5, 5.41) is 0. The molecule has 0 aromatic carbocycles. The van der Waals surface area contributed by atoms with Gasteiger partial charge in [0.2, 0.25) is 0 Å². The van der Waals surface area contributed by atoms with Crippen molar-refractivity contribution >= 4 is 17.9 Å². The number of rotatable bonds is 66. The Morgan fingerprint density at radius 3 is 0.735 bits per heavy atom. The van der Waals surface area contributed by atoms with Gasteiger partial charge in [-0.3, -0.25) is 14.4 Å². The van der Waals surface area contributed by atoms with Gasteiger partial charge in [0.25, 0.3) is 0 Å². The molecule has 0 aliphatic carbocycles. The standard InChI is InChI=1S/C77H136O6/c1-4-7-10-13-16-19-22-25-28-31-33-35-37-38-40-41-43-46-49-52-55-58-61-64-67-70-76(79)82-73-74(72-81-75(78)69-66-63-60-57-54-51-48-45-30-27-24-21-18-15-12-9-6-3)83-77(80)71-68-65-62-59-56-53-50-47-44-42-39-36-34-32-29-26-23-20-17-14-11-8-5-2/h8,11,17,20,22,25-26,29,31,33-34,36,42,44,74H,4-7,9-10,12-16,18-19,21,23-24,27-28,30,32,35,37-41,43,45-73H2,1-3H3/b11-8-,20-17-,25-22-,29-26-,33-31-,36-34-,44-42-. The molecule has 0 bridgehead atoms. The maximum Gasteiger partial charge on any atom is 0.306 e. The van der Waals surface area contributed by atoms with Crippen molar-refractivity contribution < 1.29 is 28.6 Å². The normalized spacial score (nSPS) is 12.6. The minimum absolute atomic E-state index is 0.0773. The number of ether oxygens (including phenoxy) is 3. The maximum atomic E-state index is 13.0. The van der Waals surface area contributed by atoms with Crippen molar-refractivity contribution in [3.8, 4) is 0 Å². The highest BCUT2D eigenvalue weighted by atomic mass is 16.6. The summed E-state index contributed by atoms with van der Waals surface area (Å²) in [5.74, 6) is -0.867. The predicted molar refractivity (Wildman–Crippen MR) is 362 cm³/mol. The molecule has 0 heterocycles. The van der Waals surface area contributed by atoms with E-state index in [4.69, 9.17) is 14.2 Å². The van der Waals surface area contributed by atoms with Crippen molar-refractivity contribution in [2.24, 2.45) is 0 Å². The Balaban J connectivity index is 4.35. The van der Waals surface area contributed by atoms with Crippen molar-refractivity contribution in [1.29, 1.82) is 0 Å². The smallest absolute Gasteiger partial charge is 0.306 e. The van der Waals surface area contributed by atoms with Crippen LogP contribution in [0.4, 0.5) is 0 Å². The third-order valence-corrected chi connectivity index (χ3v) is 15.9. The molecule has 0 saturated carbocycles. The highest BCUT2D eigenvalue weighted by Gasteiger charge is 2.19. The van der Waals surface area contributed by atoms with E-state index < -0.39 is 6.10 Å². The quantitative estimate of drug-likeness (QED) is 0.0261. The molecule has 0 saturated heterocycles. The molecule has 0 aromatic heterocycles. The second kappa shape index (κ2) is 71.1. The van der Waals surface area contributed by atoms with Crippen molar-refractivity contribution in [2.45, 2.75) is 374 Å². The SMILES string of the molecule is CC/C=C\C/C=C\C/C=C\C/C=C\C/C=C\CCCCCCCCCC(=O)OC(COC(=O)CCCCCCCCCCCCCCC/C=C\C/C=C\CCCCCCC)COC(=O)CCCCCCCCCCCCCCCCCCC. The van der Waals surface area contributed by atoms with Crippen LogP contribution in [0.5, 0.6) is 0 Å².